The number of carbonyl (C=O) groups is 4. The normalized spacial score (nSPS) is 31.2. The van der Waals surface area contributed by atoms with Gasteiger partial charge in [0, 0.05) is 36.1 Å². The van der Waals surface area contributed by atoms with Gasteiger partial charge in [0.15, 0.2) is 17.2 Å². The maximum absolute atomic E-state index is 14.9. The lowest BCUT2D eigenvalue weighted by atomic mass is 9.77. The smallest absolute Gasteiger partial charge is 0.437 e. The monoisotopic (exact) mass is 861 g/mol. The molecule has 328 valence electrons. The molecule has 17 heteroatoms. The predicted octanol–water partition coefficient (Wildman–Crippen LogP) is 6.42. The van der Waals surface area contributed by atoms with Crippen molar-refractivity contribution in [1.29, 1.82) is 0 Å². The van der Waals surface area contributed by atoms with Crippen molar-refractivity contribution >= 4 is 44.5 Å². The first-order valence-corrected chi connectivity index (χ1v) is 22.1. The third-order valence-electron chi connectivity index (χ3n) is 12.9. The molecule has 6 atom stereocenters. The lowest BCUT2D eigenvalue weighted by Crippen LogP contribution is -2.50. The number of hydrogen-bond donors (Lipinski definition) is 2. The van der Waals surface area contributed by atoms with Gasteiger partial charge in [0.05, 0.1) is 47.4 Å². The summed E-state index contributed by atoms with van der Waals surface area (Å²) >= 11 is 0. The number of alkyl halides is 3. The molecule has 0 bridgehead atoms. The Hall–Kier alpha value is -4.25. The van der Waals surface area contributed by atoms with Crippen LogP contribution in [0.2, 0.25) is 0 Å². The molecule has 3 aliphatic heterocycles. The Morgan fingerprint density at radius 1 is 1.08 bits per heavy atom. The van der Waals surface area contributed by atoms with Gasteiger partial charge in [-0.2, -0.15) is 13.2 Å². The molecule has 2 aliphatic carbocycles. The van der Waals surface area contributed by atoms with E-state index in [4.69, 9.17) is 14.2 Å². The minimum atomic E-state index is -5.05. The number of nitrogens with one attached hydrogen (secondary N) is 1. The SMILES string of the molecule is COc1ccc2nc(C(F)(F)F)c3c(c2c1)[C@](C)(O)C[C@]1(C[C@H]2C(=O)C[C@]4(C(=O)NS(=O)(=O)C5(C)CC5)C[C@H]4/C=C\CCCCC[C@H](CC(=O)OC(C)(C)C)C(=O)N2C1)O3. The van der Waals surface area contributed by atoms with E-state index in [0.29, 0.717) is 37.9 Å². The fraction of sp³-hybridized carbons (Fsp3) is 0.651. The van der Waals surface area contributed by atoms with Gasteiger partial charge in [0.1, 0.15) is 17.0 Å². The molecule has 2 aromatic rings. The number of sulfonamides is 1. The second-order valence-electron chi connectivity index (χ2n) is 19.0. The zero-order valence-corrected chi connectivity index (χ0v) is 35.7. The molecule has 1 saturated heterocycles. The standard InChI is InChI=1S/C43H54F3N3O10S/c1-38(2,3)58-32(51)18-25-12-10-8-7-9-11-13-26-20-42(26,37(53)48-60(55,56)39(4)16-17-39)22-31(50)30-21-41(24-49(30)36(25)52)23-40(5,54)33-28-19-27(57-6)14-15-29(28)47-35(34(33)59-41)43(44,45)46/h11,13-15,19,25-26,30,54H,7-10,12,16-18,20-24H2,1-6H3,(H,48,53)/b13-11-/t25-,26-,30+,40-,41+,42-/m1/s1. The number of esters is 1. The summed E-state index contributed by atoms with van der Waals surface area (Å²) in [6, 6.07) is 2.88. The van der Waals surface area contributed by atoms with E-state index < -0.39 is 109 Å². The van der Waals surface area contributed by atoms with Gasteiger partial charge in [-0.15, -0.1) is 0 Å². The molecule has 1 aromatic carbocycles. The van der Waals surface area contributed by atoms with E-state index in [-0.39, 0.29) is 48.6 Å². The molecule has 4 heterocycles. The van der Waals surface area contributed by atoms with Crippen molar-refractivity contribution in [2.24, 2.45) is 17.3 Å². The molecule has 5 aliphatic rings. The quantitative estimate of drug-likeness (QED) is 0.242. The average Bonchev–Trinajstić information content (AvgIpc) is 4.02. The minimum Gasteiger partial charge on any atom is -0.497 e. The second-order valence-corrected chi connectivity index (χ2v) is 21.2. The number of methoxy groups -OCH3 is 1. The van der Waals surface area contributed by atoms with Gasteiger partial charge in [-0.25, -0.2) is 13.4 Å². The molecule has 3 fully saturated rings. The van der Waals surface area contributed by atoms with Crippen molar-refractivity contribution in [3.63, 3.8) is 0 Å². The van der Waals surface area contributed by atoms with Crippen molar-refractivity contribution in [3.05, 3.63) is 41.6 Å². The number of nitrogens with zero attached hydrogens (tertiary/aromatic N) is 2. The number of carbonyl (C=O) groups excluding carboxylic acids is 4. The van der Waals surface area contributed by atoms with E-state index in [2.05, 4.69) is 9.71 Å². The van der Waals surface area contributed by atoms with Crippen LogP contribution in [0, 0.1) is 17.3 Å². The number of aliphatic hydroxyl groups is 1. The number of fused-ring (bicyclic) bond motifs is 5. The van der Waals surface area contributed by atoms with Crippen LogP contribution < -0.4 is 14.2 Å². The van der Waals surface area contributed by atoms with Crippen molar-refractivity contribution in [2.45, 2.75) is 145 Å². The first kappa shape index (κ1) is 43.8. The van der Waals surface area contributed by atoms with Gasteiger partial charge in [0.2, 0.25) is 21.8 Å². The van der Waals surface area contributed by atoms with E-state index in [9.17, 15) is 45.9 Å². The number of halogens is 3. The number of hydrogen-bond acceptors (Lipinski definition) is 11. The Balaban J connectivity index is 1.31. The summed E-state index contributed by atoms with van der Waals surface area (Å²) in [7, 11) is -2.70. The van der Waals surface area contributed by atoms with Gasteiger partial charge in [-0.3, -0.25) is 23.9 Å². The maximum Gasteiger partial charge on any atom is 0.437 e. The van der Waals surface area contributed by atoms with Crippen LogP contribution in [0.3, 0.4) is 0 Å². The molecule has 0 radical (unpaired) electrons. The Labute approximate surface area is 347 Å². The first-order valence-electron chi connectivity index (χ1n) is 20.6. The largest absolute Gasteiger partial charge is 0.497 e. The number of allylic oxidation sites excluding steroid dienone is 2. The Bertz CT molecular complexity index is 2250. The number of ketones is 1. The van der Waals surface area contributed by atoms with Crippen LogP contribution >= 0.6 is 0 Å². The molecule has 2 N–H and O–H groups in total. The summed E-state index contributed by atoms with van der Waals surface area (Å²) in [4.78, 5) is 62.2. The number of amides is 2. The molecule has 7 rings (SSSR count). The van der Waals surface area contributed by atoms with E-state index in [0.717, 1.165) is 6.42 Å². The van der Waals surface area contributed by atoms with Crippen LogP contribution in [0.4, 0.5) is 13.2 Å². The highest BCUT2D eigenvalue weighted by atomic mass is 32.2. The fourth-order valence-electron chi connectivity index (χ4n) is 9.39. The first-order chi connectivity index (χ1) is 27.8. The zero-order valence-electron chi connectivity index (χ0n) is 34.9. The third-order valence-corrected chi connectivity index (χ3v) is 15.0. The molecule has 2 amide bonds. The maximum atomic E-state index is 14.9. The van der Waals surface area contributed by atoms with Crippen molar-refractivity contribution < 1.29 is 60.1 Å². The number of ether oxygens (including phenoxy) is 3. The molecule has 13 nitrogen and oxygen atoms in total. The summed E-state index contributed by atoms with van der Waals surface area (Å²) in [5.41, 5.74) is -7.77. The van der Waals surface area contributed by atoms with Crippen molar-refractivity contribution in [2.75, 3.05) is 13.7 Å². The highest BCUT2D eigenvalue weighted by molar-refractivity contribution is 7.91. The lowest BCUT2D eigenvalue weighted by molar-refractivity contribution is -0.159. The molecule has 1 spiro atoms. The topological polar surface area (TPSA) is 178 Å². The zero-order chi connectivity index (χ0) is 43.8. The molecule has 1 aromatic heterocycles. The summed E-state index contributed by atoms with van der Waals surface area (Å²) in [6.07, 6.45) is 0.875. The van der Waals surface area contributed by atoms with E-state index in [1.165, 1.54) is 44.1 Å². The average molecular weight is 862 g/mol. The van der Waals surface area contributed by atoms with Crippen molar-refractivity contribution in [1.82, 2.24) is 14.6 Å². The number of Topliss-reactive ketones (excluding diaryl/α,β-unsaturated/α-hetero) is 1. The van der Waals surface area contributed by atoms with Crippen LogP contribution in [0.5, 0.6) is 11.5 Å². The van der Waals surface area contributed by atoms with Gasteiger partial charge < -0.3 is 24.2 Å². The fourth-order valence-corrected chi connectivity index (χ4v) is 10.7. The van der Waals surface area contributed by atoms with E-state index in [1.54, 1.807) is 20.8 Å². The number of aromatic nitrogens is 1. The number of benzene rings is 1. The van der Waals surface area contributed by atoms with Gasteiger partial charge in [-0.05, 0) is 97.3 Å². The lowest BCUT2D eigenvalue weighted by Gasteiger charge is -2.44. The summed E-state index contributed by atoms with van der Waals surface area (Å²) < 4.78 is 89.8. The van der Waals surface area contributed by atoms with E-state index in [1.807, 2.05) is 12.2 Å². The van der Waals surface area contributed by atoms with E-state index >= 15 is 0 Å². The molecular formula is C43H54F3N3O10S. The second kappa shape index (κ2) is 15.0. The highest BCUT2D eigenvalue weighted by Crippen LogP contribution is 2.59. The molecule has 2 saturated carbocycles. The van der Waals surface area contributed by atoms with Gasteiger partial charge >= 0.3 is 12.1 Å². The highest BCUT2D eigenvalue weighted by Gasteiger charge is 2.64. The Morgan fingerprint density at radius 2 is 1.80 bits per heavy atom. The van der Waals surface area contributed by atoms with Crippen LogP contribution in [0.1, 0.15) is 123 Å². The van der Waals surface area contributed by atoms with Crippen LogP contribution in [-0.2, 0) is 45.7 Å². The molecular weight excluding hydrogens is 808 g/mol. The van der Waals surface area contributed by atoms with Crippen LogP contribution in [-0.4, -0.2) is 82.6 Å². The summed E-state index contributed by atoms with van der Waals surface area (Å²) in [6.45, 7) is 7.52. The third kappa shape index (κ3) is 8.36. The summed E-state index contributed by atoms with van der Waals surface area (Å²) in [5.74, 6) is -4.64. The Morgan fingerprint density at radius 3 is 2.45 bits per heavy atom. The van der Waals surface area contributed by atoms with Crippen LogP contribution in [0.25, 0.3) is 10.9 Å². The number of rotatable bonds is 6. The minimum absolute atomic E-state index is 0.0644. The summed E-state index contributed by atoms with van der Waals surface area (Å²) in [5, 5.41) is 12.4. The van der Waals surface area contributed by atoms with Gasteiger partial charge in [-0.1, -0.05) is 25.0 Å². The van der Waals surface area contributed by atoms with Crippen molar-refractivity contribution in [3.8, 4) is 11.5 Å². The van der Waals surface area contributed by atoms with Crippen LogP contribution in [0.15, 0.2) is 30.4 Å². The molecule has 60 heavy (non-hydrogen) atoms. The number of pyridine rings is 1. The molecule has 0 unspecified atom stereocenters. The predicted molar refractivity (Wildman–Crippen MR) is 212 cm³/mol. The van der Waals surface area contributed by atoms with Gasteiger partial charge in [0.25, 0.3) is 0 Å². The Kier molecular flexibility index (Phi) is 10.9.